The highest BCUT2D eigenvalue weighted by atomic mass is 28.4. The van der Waals surface area contributed by atoms with Gasteiger partial charge in [0.25, 0.3) is 0 Å². The number of alkyl halides is 3. The first-order chi connectivity index (χ1) is 19.0. The van der Waals surface area contributed by atoms with Crippen LogP contribution in [-0.2, 0) is 33.0 Å². The SMILES string of the molecule is CC(C)(C)OC(=O)N[C@](Cc1ccc(C(F)(F)F)cc1)(C[C@H](CCc1ccc(F)cc1)O[Si](C)(C)C(C)(C)C)C(=O)O. The van der Waals surface area contributed by atoms with Gasteiger partial charge < -0.3 is 19.6 Å². The van der Waals surface area contributed by atoms with E-state index < -0.39 is 49.4 Å². The van der Waals surface area contributed by atoms with Crippen LogP contribution in [0.15, 0.2) is 48.5 Å². The number of alkyl carbamates (subject to hydrolysis) is 1. The molecule has 2 rings (SSSR count). The zero-order valence-electron chi connectivity index (χ0n) is 25.6. The Morgan fingerprint density at radius 3 is 1.88 bits per heavy atom. The highest BCUT2D eigenvalue weighted by molar-refractivity contribution is 6.74. The third kappa shape index (κ3) is 10.4. The van der Waals surface area contributed by atoms with Crippen LogP contribution >= 0.6 is 0 Å². The van der Waals surface area contributed by atoms with Crippen molar-refractivity contribution in [3.8, 4) is 0 Å². The number of amides is 1. The summed E-state index contributed by atoms with van der Waals surface area (Å²) >= 11 is 0. The van der Waals surface area contributed by atoms with Gasteiger partial charge in [-0.15, -0.1) is 0 Å². The van der Waals surface area contributed by atoms with E-state index in [1.54, 1.807) is 32.9 Å². The number of nitrogens with one attached hydrogen (secondary N) is 1. The predicted molar refractivity (Wildman–Crippen MR) is 156 cm³/mol. The van der Waals surface area contributed by atoms with Crippen LogP contribution in [0.4, 0.5) is 22.4 Å². The fourth-order valence-electron chi connectivity index (χ4n) is 4.21. The molecular weight excluding hydrogens is 570 g/mol. The third-order valence-corrected chi connectivity index (χ3v) is 12.0. The Balaban J connectivity index is 2.54. The summed E-state index contributed by atoms with van der Waals surface area (Å²) in [4.78, 5) is 26.0. The van der Waals surface area contributed by atoms with Crippen LogP contribution in [0.3, 0.4) is 0 Å². The molecule has 0 unspecified atom stereocenters. The molecule has 0 aromatic heterocycles. The van der Waals surface area contributed by atoms with Crippen LogP contribution < -0.4 is 5.32 Å². The van der Waals surface area contributed by atoms with Gasteiger partial charge in [0, 0.05) is 18.9 Å². The van der Waals surface area contributed by atoms with Gasteiger partial charge >= 0.3 is 18.2 Å². The number of aliphatic carboxylic acids is 1. The van der Waals surface area contributed by atoms with E-state index >= 15 is 0 Å². The lowest BCUT2D eigenvalue weighted by Crippen LogP contribution is -2.59. The van der Waals surface area contributed by atoms with Crippen LogP contribution in [0.2, 0.25) is 18.1 Å². The van der Waals surface area contributed by atoms with E-state index in [0.717, 1.165) is 17.7 Å². The van der Waals surface area contributed by atoms with E-state index in [9.17, 15) is 32.3 Å². The number of ether oxygens (including phenoxy) is 1. The lowest BCUT2D eigenvalue weighted by molar-refractivity contribution is -0.146. The highest BCUT2D eigenvalue weighted by Gasteiger charge is 2.46. The fraction of sp³-hybridized carbons (Fsp3) is 0.548. The number of rotatable bonds is 11. The second-order valence-corrected chi connectivity index (χ2v) is 18.0. The number of carbonyl (C=O) groups is 2. The number of hydrogen-bond donors (Lipinski definition) is 2. The molecule has 0 spiro atoms. The summed E-state index contributed by atoms with van der Waals surface area (Å²) in [5, 5.41) is 12.9. The molecule has 234 valence electrons. The number of benzene rings is 2. The maximum atomic E-state index is 13.5. The first-order valence-electron chi connectivity index (χ1n) is 13.9. The van der Waals surface area contributed by atoms with Gasteiger partial charge in [-0.3, -0.25) is 0 Å². The molecule has 2 aromatic rings. The maximum absolute atomic E-state index is 13.5. The fourth-order valence-corrected chi connectivity index (χ4v) is 5.59. The number of hydrogen-bond acceptors (Lipinski definition) is 4. The third-order valence-electron chi connectivity index (χ3n) is 7.45. The lowest BCUT2D eigenvalue weighted by atomic mass is 9.84. The number of carboxylic acids is 1. The van der Waals surface area contributed by atoms with Crippen LogP contribution in [0.5, 0.6) is 0 Å². The summed E-state index contributed by atoms with van der Waals surface area (Å²) in [5.74, 6) is -1.75. The molecular formula is C31H43F4NO5Si. The molecule has 0 aliphatic heterocycles. The van der Waals surface area contributed by atoms with Gasteiger partial charge in [-0.05, 0) is 87.1 Å². The summed E-state index contributed by atoms with van der Waals surface area (Å²) < 4.78 is 65.1. The van der Waals surface area contributed by atoms with Crippen molar-refractivity contribution in [1.29, 1.82) is 0 Å². The monoisotopic (exact) mass is 613 g/mol. The molecule has 11 heteroatoms. The molecule has 0 aliphatic rings. The Kier molecular flexibility index (Phi) is 11.0. The summed E-state index contributed by atoms with van der Waals surface area (Å²) in [7, 11) is -2.47. The maximum Gasteiger partial charge on any atom is 0.416 e. The second kappa shape index (κ2) is 13.2. The first kappa shape index (κ1) is 35.3. The average Bonchev–Trinajstić information content (AvgIpc) is 2.81. The van der Waals surface area contributed by atoms with Crippen molar-refractivity contribution in [1.82, 2.24) is 5.32 Å². The van der Waals surface area contributed by atoms with E-state index in [1.165, 1.54) is 24.3 Å². The quantitative estimate of drug-likeness (QED) is 0.197. The van der Waals surface area contributed by atoms with E-state index in [0.29, 0.717) is 12.8 Å². The normalized spacial score (nSPS) is 15.0. The summed E-state index contributed by atoms with van der Waals surface area (Å²) in [6, 6.07) is 10.2. The molecule has 2 N–H and O–H groups in total. The number of carboxylic acid groups (broad SMARTS) is 1. The van der Waals surface area contributed by atoms with Crippen LogP contribution in [0, 0.1) is 5.82 Å². The van der Waals surface area contributed by atoms with Crippen molar-refractivity contribution < 1.29 is 41.4 Å². The molecule has 0 saturated carbocycles. The Labute approximate surface area is 246 Å². The molecule has 6 nitrogen and oxygen atoms in total. The Bertz CT molecular complexity index is 1200. The second-order valence-electron chi connectivity index (χ2n) is 13.3. The van der Waals surface area contributed by atoms with Crippen molar-refractivity contribution in [3.63, 3.8) is 0 Å². The minimum Gasteiger partial charge on any atom is -0.479 e. The predicted octanol–water partition coefficient (Wildman–Crippen LogP) is 8.15. The molecule has 0 heterocycles. The summed E-state index contributed by atoms with van der Waals surface area (Å²) in [6.07, 6.45) is -5.89. The van der Waals surface area contributed by atoms with E-state index in [1.807, 2.05) is 33.9 Å². The summed E-state index contributed by atoms with van der Waals surface area (Å²) in [6.45, 7) is 15.1. The average molecular weight is 614 g/mol. The lowest BCUT2D eigenvalue weighted by Gasteiger charge is -2.42. The zero-order valence-corrected chi connectivity index (χ0v) is 26.6. The highest BCUT2D eigenvalue weighted by Crippen LogP contribution is 2.39. The molecule has 0 saturated heterocycles. The smallest absolute Gasteiger partial charge is 0.416 e. The van der Waals surface area contributed by atoms with Gasteiger partial charge in [0.2, 0.25) is 0 Å². The van der Waals surface area contributed by atoms with Crippen molar-refractivity contribution >= 4 is 20.4 Å². The van der Waals surface area contributed by atoms with Gasteiger partial charge in [-0.25, -0.2) is 14.0 Å². The topological polar surface area (TPSA) is 84.9 Å². The number of carbonyl (C=O) groups excluding carboxylic acids is 1. The number of aryl methyl sites for hydroxylation is 1. The van der Waals surface area contributed by atoms with Gasteiger partial charge in [0.1, 0.15) is 17.0 Å². The minimum absolute atomic E-state index is 0.184. The van der Waals surface area contributed by atoms with Crippen LogP contribution in [0.1, 0.15) is 71.1 Å². The molecule has 0 radical (unpaired) electrons. The minimum atomic E-state index is -4.56. The molecule has 0 aliphatic carbocycles. The van der Waals surface area contributed by atoms with E-state index in [2.05, 4.69) is 5.32 Å². The van der Waals surface area contributed by atoms with Crippen LogP contribution in [0.25, 0.3) is 0 Å². The standard InChI is InChI=1S/C31H43F4NO5Si/c1-28(2,3)40-27(39)36-30(26(37)38,19-22-9-14-23(15-10-22)31(33,34)35)20-25(41-42(7,8)29(4,5)6)18-13-21-11-16-24(32)17-12-21/h9-12,14-17,25H,13,18-20H2,1-8H3,(H,36,39)(H,37,38)/t25-,30+/m0/s1. The Morgan fingerprint density at radius 2 is 1.43 bits per heavy atom. The van der Waals surface area contributed by atoms with E-state index in [-0.39, 0.29) is 29.3 Å². The Morgan fingerprint density at radius 1 is 0.905 bits per heavy atom. The van der Waals surface area contributed by atoms with Crippen molar-refractivity contribution in [3.05, 3.63) is 71.0 Å². The van der Waals surface area contributed by atoms with Gasteiger partial charge in [0.15, 0.2) is 8.32 Å². The molecule has 0 bridgehead atoms. The first-order valence-corrected chi connectivity index (χ1v) is 16.8. The zero-order chi connectivity index (χ0) is 32.1. The largest absolute Gasteiger partial charge is 0.479 e. The van der Waals surface area contributed by atoms with Crippen molar-refractivity contribution in [2.24, 2.45) is 0 Å². The summed E-state index contributed by atoms with van der Waals surface area (Å²) in [5.41, 5.74) is -2.67. The molecule has 42 heavy (non-hydrogen) atoms. The van der Waals surface area contributed by atoms with Gasteiger partial charge in [-0.1, -0.05) is 45.0 Å². The van der Waals surface area contributed by atoms with Gasteiger partial charge in [0.05, 0.1) is 5.56 Å². The number of halogens is 4. The van der Waals surface area contributed by atoms with Gasteiger partial charge in [-0.2, -0.15) is 13.2 Å². The molecule has 2 atom stereocenters. The van der Waals surface area contributed by atoms with E-state index in [4.69, 9.17) is 9.16 Å². The Hall–Kier alpha value is -2.92. The molecule has 2 aromatic carbocycles. The molecule has 1 amide bonds. The van der Waals surface area contributed by atoms with Crippen LogP contribution in [-0.4, -0.2) is 42.7 Å². The van der Waals surface area contributed by atoms with Crippen molar-refractivity contribution in [2.75, 3.05) is 0 Å². The van der Waals surface area contributed by atoms with Crippen molar-refractivity contribution in [2.45, 2.75) is 109 Å². The molecule has 0 fully saturated rings.